The lowest BCUT2D eigenvalue weighted by atomic mass is 9.99. The van der Waals surface area contributed by atoms with E-state index in [4.69, 9.17) is 0 Å². The fourth-order valence-electron chi connectivity index (χ4n) is 5.84. The lowest BCUT2D eigenvalue weighted by Gasteiger charge is -2.47. The minimum atomic E-state index is -1.17. The largest absolute Gasteiger partial charge is 0.477 e. The second-order valence-corrected chi connectivity index (χ2v) is 11.5. The summed E-state index contributed by atoms with van der Waals surface area (Å²) >= 11 is 0. The van der Waals surface area contributed by atoms with Gasteiger partial charge in [-0.05, 0) is 33.6 Å². The molecule has 0 radical (unpaired) electrons. The molecule has 0 saturated carbocycles. The van der Waals surface area contributed by atoms with E-state index in [0.717, 1.165) is 19.3 Å². The van der Waals surface area contributed by atoms with Gasteiger partial charge in [0.2, 0.25) is 0 Å². The molecule has 0 aromatic rings. The summed E-state index contributed by atoms with van der Waals surface area (Å²) < 4.78 is -0.473. The highest BCUT2D eigenvalue weighted by atomic mass is 16.4. The topological polar surface area (TPSA) is 112 Å². The van der Waals surface area contributed by atoms with E-state index in [1.165, 1.54) is 124 Å². The van der Waals surface area contributed by atoms with Crippen molar-refractivity contribution in [1.82, 2.24) is 0 Å². The Morgan fingerprint density at radius 2 is 0.658 bits per heavy atom. The van der Waals surface area contributed by atoms with Gasteiger partial charge in [-0.2, -0.15) is 0 Å². The summed E-state index contributed by atoms with van der Waals surface area (Å²) in [7, 11) is 0. The van der Waals surface area contributed by atoms with Crippen LogP contribution in [-0.4, -0.2) is 62.4 Å². The summed E-state index contributed by atoms with van der Waals surface area (Å²) in [5, 5.41) is 28.9. The van der Waals surface area contributed by atoms with Gasteiger partial charge in [0, 0.05) is 0 Å². The van der Waals surface area contributed by atoms with Gasteiger partial charge in [-0.1, -0.05) is 122 Å². The van der Waals surface area contributed by atoms with Crippen LogP contribution in [0.2, 0.25) is 0 Å². The van der Waals surface area contributed by atoms with Crippen LogP contribution in [0.4, 0.5) is 0 Å². The summed E-state index contributed by atoms with van der Waals surface area (Å²) in [6.45, 7) is 6.78. The number of rotatable bonds is 27. The lowest BCUT2D eigenvalue weighted by Crippen LogP contribution is -2.70. The number of carbonyl (C=O) groups is 3. The minimum Gasteiger partial charge on any atom is -0.477 e. The maximum absolute atomic E-state index is 11.8. The molecule has 0 spiro atoms. The Bertz CT molecular complexity index is 588. The molecule has 3 N–H and O–H groups in total. The van der Waals surface area contributed by atoms with Crippen LogP contribution < -0.4 is 0 Å². The Kier molecular flexibility index (Phi) is 21.3. The summed E-state index contributed by atoms with van der Waals surface area (Å²) in [6, 6.07) is -3.35. The van der Waals surface area contributed by atoms with E-state index in [1.54, 1.807) is 0 Å². The zero-order valence-electron chi connectivity index (χ0n) is 25.1. The molecule has 7 nitrogen and oxygen atoms in total. The maximum atomic E-state index is 11.8. The number of unbranched alkanes of at least 4 members (excludes halogenated alkanes) is 19. The summed E-state index contributed by atoms with van der Waals surface area (Å²) in [4.78, 5) is 35.4. The van der Waals surface area contributed by atoms with Gasteiger partial charge in [-0.25, -0.2) is 14.4 Å². The molecule has 0 aliphatic heterocycles. The molecule has 0 aliphatic rings. The van der Waals surface area contributed by atoms with Gasteiger partial charge >= 0.3 is 17.9 Å². The maximum Gasteiger partial charge on any atom is 0.362 e. The Morgan fingerprint density at radius 3 is 0.868 bits per heavy atom. The first-order valence-electron chi connectivity index (χ1n) is 15.7. The molecule has 38 heavy (non-hydrogen) atoms. The molecule has 0 fully saturated rings. The van der Waals surface area contributed by atoms with Gasteiger partial charge in [0.05, 0.1) is 6.54 Å². The average Bonchev–Trinajstić information content (AvgIpc) is 2.88. The number of nitrogens with zero attached hydrogens (tertiary/aromatic N) is 1. The van der Waals surface area contributed by atoms with Gasteiger partial charge in [-0.15, -0.1) is 0 Å². The van der Waals surface area contributed by atoms with E-state index in [1.807, 2.05) is 0 Å². The number of aliphatic carboxylic acids is 3. The number of carboxylic acid groups (broad SMARTS) is 3. The van der Waals surface area contributed by atoms with E-state index in [0.29, 0.717) is 6.42 Å². The van der Waals surface area contributed by atoms with Crippen molar-refractivity contribution in [3.63, 3.8) is 0 Å². The van der Waals surface area contributed by atoms with Crippen LogP contribution in [-0.2, 0) is 14.4 Å². The van der Waals surface area contributed by atoms with E-state index in [-0.39, 0.29) is 6.54 Å². The minimum absolute atomic E-state index is 0.230. The van der Waals surface area contributed by atoms with Gasteiger partial charge in [-0.3, -0.25) is 4.48 Å². The summed E-state index contributed by atoms with van der Waals surface area (Å²) in [5.74, 6) is -3.50. The molecule has 0 amide bonds. The molecule has 0 bridgehead atoms. The van der Waals surface area contributed by atoms with Crippen molar-refractivity contribution in [2.45, 2.75) is 174 Å². The van der Waals surface area contributed by atoms with Crippen molar-refractivity contribution in [3.8, 4) is 0 Å². The molecule has 0 rings (SSSR count). The first-order valence-corrected chi connectivity index (χ1v) is 15.7. The highest BCUT2D eigenvalue weighted by Crippen LogP contribution is 2.27. The standard InChI is InChI=1S/C31H59NO6/c1-5-6-7-8-9-10-11-12-13-14-15-16-17-18-19-20-21-22-23-24-25-32(26(2)29(33)34,27(3)30(35)36)28(4)31(37)38/h26-28H,5-25H2,1-4H3,(H2-,33,34,35,36,37,38)/p+1. The molecule has 0 aromatic carbocycles. The van der Waals surface area contributed by atoms with Gasteiger partial charge in [0.25, 0.3) is 0 Å². The van der Waals surface area contributed by atoms with E-state index >= 15 is 0 Å². The predicted molar refractivity (Wildman–Crippen MR) is 154 cm³/mol. The quantitative estimate of drug-likeness (QED) is 0.0715. The van der Waals surface area contributed by atoms with Crippen molar-refractivity contribution in [3.05, 3.63) is 0 Å². The van der Waals surface area contributed by atoms with Gasteiger partial charge in [0.15, 0.2) is 18.1 Å². The van der Waals surface area contributed by atoms with Crippen molar-refractivity contribution < 1.29 is 34.2 Å². The van der Waals surface area contributed by atoms with E-state index < -0.39 is 40.5 Å². The Labute approximate surface area is 233 Å². The van der Waals surface area contributed by atoms with Crippen LogP contribution in [0.3, 0.4) is 0 Å². The summed E-state index contributed by atoms with van der Waals surface area (Å²) in [6.07, 6.45) is 25.2. The number of hydrogen-bond donors (Lipinski definition) is 3. The van der Waals surface area contributed by atoms with Crippen LogP contribution in [0.15, 0.2) is 0 Å². The molecule has 0 aromatic heterocycles. The first kappa shape index (κ1) is 36.4. The molecule has 3 atom stereocenters. The van der Waals surface area contributed by atoms with Crippen molar-refractivity contribution >= 4 is 17.9 Å². The summed E-state index contributed by atoms with van der Waals surface area (Å²) in [5.41, 5.74) is 0. The fourth-order valence-corrected chi connectivity index (χ4v) is 5.84. The lowest BCUT2D eigenvalue weighted by molar-refractivity contribution is -0.968. The molecular formula is C31H60NO6+. The number of quaternary nitrogens is 1. The third-order valence-corrected chi connectivity index (χ3v) is 8.63. The smallest absolute Gasteiger partial charge is 0.362 e. The third-order valence-electron chi connectivity index (χ3n) is 8.63. The van der Waals surface area contributed by atoms with E-state index in [2.05, 4.69) is 6.92 Å². The predicted octanol–water partition coefficient (Wildman–Crippen LogP) is 8.04. The fraction of sp³-hybridized carbons (Fsp3) is 0.903. The zero-order valence-corrected chi connectivity index (χ0v) is 25.1. The van der Waals surface area contributed by atoms with Crippen LogP contribution in [0.1, 0.15) is 156 Å². The van der Waals surface area contributed by atoms with Crippen LogP contribution in [0.25, 0.3) is 0 Å². The van der Waals surface area contributed by atoms with Gasteiger partial charge < -0.3 is 15.3 Å². The van der Waals surface area contributed by atoms with Crippen molar-refractivity contribution in [2.75, 3.05) is 6.54 Å². The first-order chi connectivity index (χ1) is 18.1. The Hall–Kier alpha value is -1.63. The number of carboxylic acids is 3. The van der Waals surface area contributed by atoms with Crippen molar-refractivity contribution in [1.29, 1.82) is 0 Å². The van der Waals surface area contributed by atoms with Gasteiger partial charge in [0.1, 0.15) is 0 Å². The highest BCUT2D eigenvalue weighted by molar-refractivity contribution is 5.77. The monoisotopic (exact) mass is 542 g/mol. The number of hydrogen-bond acceptors (Lipinski definition) is 3. The Balaban J connectivity index is 4.02. The molecule has 0 heterocycles. The SMILES string of the molecule is CCCCCCCCCCCCCCCCCCCCCC[N+](C(C)C(=O)O)(C(C)C(=O)O)C(C)C(=O)O. The van der Waals surface area contributed by atoms with Crippen LogP contribution in [0.5, 0.6) is 0 Å². The molecule has 0 aliphatic carbocycles. The Morgan fingerprint density at radius 1 is 0.447 bits per heavy atom. The van der Waals surface area contributed by atoms with Crippen molar-refractivity contribution in [2.24, 2.45) is 0 Å². The molecule has 0 saturated heterocycles. The molecule has 224 valence electrons. The van der Waals surface area contributed by atoms with E-state index in [9.17, 15) is 29.7 Å². The zero-order chi connectivity index (χ0) is 28.8. The normalized spacial score (nSPS) is 15.5. The third kappa shape index (κ3) is 14.5. The van der Waals surface area contributed by atoms with Crippen LogP contribution in [0, 0.1) is 0 Å². The molecular weight excluding hydrogens is 482 g/mol. The second-order valence-electron chi connectivity index (χ2n) is 11.5. The molecule has 3 unspecified atom stereocenters. The van der Waals surface area contributed by atoms with Crippen LogP contribution >= 0.6 is 0 Å². The molecule has 7 heteroatoms. The average molecular weight is 543 g/mol. The highest BCUT2D eigenvalue weighted by Gasteiger charge is 2.52. The second kappa shape index (κ2) is 22.2.